The molecule has 0 bridgehead atoms. The molecule has 1 aliphatic rings. The fourth-order valence-corrected chi connectivity index (χ4v) is 3.73. The minimum absolute atomic E-state index is 0.000399. The molecule has 1 aromatic heterocycles. The molecule has 148 valence electrons. The first-order valence-electron chi connectivity index (χ1n) is 10.00. The molecule has 0 saturated carbocycles. The fraction of sp³-hybridized carbons (Fsp3) is 0.429. The number of rotatable bonds is 8. The van der Waals surface area contributed by atoms with Crippen LogP contribution in [0.3, 0.4) is 0 Å². The number of benzene rings is 1. The van der Waals surface area contributed by atoms with Crippen molar-refractivity contribution in [1.29, 1.82) is 5.41 Å². The zero-order valence-electron chi connectivity index (χ0n) is 16.9. The lowest BCUT2D eigenvalue weighted by atomic mass is 10.0. The van der Waals surface area contributed by atoms with Gasteiger partial charge < -0.3 is 16.0 Å². The number of anilines is 3. The highest BCUT2D eigenvalue weighted by atomic mass is 15.3. The van der Waals surface area contributed by atoms with Crippen molar-refractivity contribution in [3.8, 4) is 0 Å². The number of fused-ring (bicyclic) bond motifs is 1. The van der Waals surface area contributed by atoms with Crippen LogP contribution in [0.15, 0.2) is 36.5 Å². The molecule has 3 rings (SSSR count). The molecule has 1 aromatic carbocycles. The maximum Gasteiger partial charge on any atom is 0.229 e. The van der Waals surface area contributed by atoms with Crippen LogP contribution in [0.1, 0.15) is 46.5 Å². The molecule has 1 unspecified atom stereocenters. The van der Waals surface area contributed by atoms with Crippen LogP contribution in [-0.4, -0.2) is 38.8 Å². The minimum Gasteiger partial charge on any atom is -0.338 e. The van der Waals surface area contributed by atoms with Crippen molar-refractivity contribution in [3.05, 3.63) is 36.5 Å². The molecule has 7 nitrogen and oxygen atoms in total. The summed E-state index contributed by atoms with van der Waals surface area (Å²) < 4.78 is 1.69. The maximum atomic E-state index is 7.85. The van der Waals surface area contributed by atoms with E-state index in [0.29, 0.717) is 11.8 Å². The lowest BCUT2D eigenvalue weighted by Crippen LogP contribution is -2.55. The molecule has 2 heterocycles. The number of unbranched alkanes of at least 4 members (excludes halogenated alkanes) is 1. The average Bonchev–Trinajstić information content (AvgIpc) is 2.72. The number of hydrogen-bond donors (Lipinski definition) is 3. The van der Waals surface area contributed by atoms with Crippen LogP contribution >= 0.6 is 0 Å². The van der Waals surface area contributed by atoms with E-state index in [0.717, 1.165) is 42.9 Å². The second-order valence-corrected chi connectivity index (χ2v) is 7.14. The van der Waals surface area contributed by atoms with Crippen molar-refractivity contribution in [2.75, 3.05) is 10.2 Å². The van der Waals surface area contributed by atoms with Gasteiger partial charge in [0, 0.05) is 11.7 Å². The van der Waals surface area contributed by atoms with Crippen molar-refractivity contribution in [2.45, 2.75) is 58.5 Å². The number of nitrogens with two attached hydrogens (primary N) is 1. The van der Waals surface area contributed by atoms with Crippen molar-refractivity contribution in [3.63, 3.8) is 0 Å². The summed E-state index contributed by atoms with van der Waals surface area (Å²) in [6, 6.07) is 10.2. The van der Waals surface area contributed by atoms with Gasteiger partial charge in [-0.2, -0.15) is 15.0 Å². The van der Waals surface area contributed by atoms with Crippen LogP contribution in [0.2, 0.25) is 0 Å². The van der Waals surface area contributed by atoms with Gasteiger partial charge in [-0.3, -0.25) is 0 Å². The van der Waals surface area contributed by atoms with Crippen molar-refractivity contribution >= 4 is 35.3 Å². The molecule has 0 saturated heterocycles. The number of nitrogens with one attached hydrogen (secondary N) is 2. The van der Waals surface area contributed by atoms with Gasteiger partial charge in [0.25, 0.3) is 0 Å². The zero-order chi connectivity index (χ0) is 20.1. The Hall–Kier alpha value is -2.96. The summed E-state index contributed by atoms with van der Waals surface area (Å²) in [5.74, 6) is 2.01. The SMILES string of the molecule is CCCCC(C)N1c2nc(Nc3ccccc3)ncc2[N+](C=N)=C(N)[C@H]1CC. The topological polar surface area (TPSA) is 93.9 Å². The third-order valence-corrected chi connectivity index (χ3v) is 5.21. The summed E-state index contributed by atoms with van der Waals surface area (Å²) >= 11 is 0. The number of para-hydroxylation sites is 1. The highest BCUT2D eigenvalue weighted by Crippen LogP contribution is 2.35. The van der Waals surface area contributed by atoms with E-state index in [1.807, 2.05) is 30.3 Å². The first-order valence-corrected chi connectivity index (χ1v) is 10.00. The van der Waals surface area contributed by atoms with Gasteiger partial charge in [0.2, 0.25) is 18.1 Å². The van der Waals surface area contributed by atoms with E-state index >= 15 is 0 Å². The molecule has 1 aliphatic heterocycles. The summed E-state index contributed by atoms with van der Waals surface area (Å²) in [7, 11) is 0. The van der Waals surface area contributed by atoms with E-state index in [2.05, 4.69) is 36.0 Å². The Bertz CT molecular complexity index is 847. The van der Waals surface area contributed by atoms with Crippen LogP contribution in [0.5, 0.6) is 0 Å². The van der Waals surface area contributed by atoms with Gasteiger partial charge in [0.05, 0.1) is 6.20 Å². The largest absolute Gasteiger partial charge is 0.338 e. The van der Waals surface area contributed by atoms with Crippen LogP contribution < -0.4 is 16.0 Å². The normalized spacial score (nSPS) is 17.2. The number of nitrogens with zero attached hydrogens (tertiary/aromatic N) is 4. The highest BCUT2D eigenvalue weighted by Gasteiger charge is 2.37. The van der Waals surface area contributed by atoms with Gasteiger partial charge in [-0.25, -0.2) is 4.98 Å². The molecule has 28 heavy (non-hydrogen) atoms. The Morgan fingerprint density at radius 1 is 1.32 bits per heavy atom. The summed E-state index contributed by atoms with van der Waals surface area (Å²) in [5.41, 5.74) is 8.14. The molecule has 7 heteroatoms. The van der Waals surface area contributed by atoms with E-state index in [4.69, 9.17) is 16.1 Å². The zero-order valence-corrected chi connectivity index (χ0v) is 16.9. The summed E-state index contributed by atoms with van der Waals surface area (Å²) in [4.78, 5) is 11.6. The van der Waals surface area contributed by atoms with Crippen molar-refractivity contribution in [1.82, 2.24) is 9.97 Å². The standard InChI is InChI=1S/C21H29N7/c1-4-6-10-15(3)28-17(5-2)19(23)27(14-22)18-13-24-21(26-20(18)28)25-16-11-8-7-9-12-16/h7-9,11-15,17,22-23H,4-6,10H2,1-3H3,(H,24,25,26)/p+1/t15?,17-/m1/s1. The molecule has 0 spiro atoms. The third kappa shape index (κ3) is 3.83. The van der Waals surface area contributed by atoms with Crippen molar-refractivity contribution < 1.29 is 4.58 Å². The Morgan fingerprint density at radius 3 is 2.71 bits per heavy atom. The molecule has 2 atom stereocenters. The molecule has 0 amide bonds. The quantitative estimate of drug-likeness (QED) is 0.365. The molecule has 4 N–H and O–H groups in total. The second kappa shape index (κ2) is 8.82. The Balaban J connectivity index is 2.05. The van der Waals surface area contributed by atoms with Gasteiger partial charge in [0.15, 0.2) is 11.5 Å². The van der Waals surface area contributed by atoms with Crippen LogP contribution in [-0.2, 0) is 0 Å². The number of amidine groups is 1. The Morgan fingerprint density at radius 2 is 2.07 bits per heavy atom. The van der Waals surface area contributed by atoms with Gasteiger partial charge in [-0.1, -0.05) is 44.9 Å². The Labute approximate surface area is 166 Å². The summed E-state index contributed by atoms with van der Waals surface area (Å²) in [6.07, 6.45) is 7.21. The molecular formula is C21H30N7+. The monoisotopic (exact) mass is 380 g/mol. The predicted octanol–water partition coefficient (Wildman–Crippen LogP) is 4.01. The van der Waals surface area contributed by atoms with Gasteiger partial charge in [0.1, 0.15) is 6.04 Å². The van der Waals surface area contributed by atoms with Crippen LogP contribution in [0, 0.1) is 5.41 Å². The van der Waals surface area contributed by atoms with E-state index in [1.165, 1.54) is 6.34 Å². The minimum atomic E-state index is 0.000399. The van der Waals surface area contributed by atoms with E-state index < -0.39 is 0 Å². The molecule has 2 aromatic rings. The highest BCUT2D eigenvalue weighted by molar-refractivity contribution is 5.92. The molecule has 0 aliphatic carbocycles. The van der Waals surface area contributed by atoms with E-state index in [1.54, 1.807) is 10.8 Å². The predicted molar refractivity (Wildman–Crippen MR) is 115 cm³/mol. The lowest BCUT2D eigenvalue weighted by Gasteiger charge is -2.39. The number of aromatic nitrogens is 2. The summed E-state index contributed by atoms with van der Waals surface area (Å²) in [6.45, 7) is 6.55. The van der Waals surface area contributed by atoms with Crippen LogP contribution in [0.4, 0.5) is 23.1 Å². The van der Waals surface area contributed by atoms with Crippen molar-refractivity contribution in [2.24, 2.45) is 5.73 Å². The van der Waals surface area contributed by atoms with Gasteiger partial charge in [-0.05, 0) is 31.9 Å². The van der Waals surface area contributed by atoms with E-state index in [-0.39, 0.29) is 12.1 Å². The maximum absolute atomic E-state index is 7.85. The molecular weight excluding hydrogens is 350 g/mol. The summed E-state index contributed by atoms with van der Waals surface area (Å²) in [5, 5.41) is 11.1. The van der Waals surface area contributed by atoms with E-state index in [9.17, 15) is 0 Å². The van der Waals surface area contributed by atoms with Gasteiger partial charge >= 0.3 is 0 Å². The molecule has 0 radical (unpaired) electrons. The smallest absolute Gasteiger partial charge is 0.229 e. The third-order valence-electron chi connectivity index (χ3n) is 5.21. The first kappa shape index (κ1) is 19.8. The second-order valence-electron chi connectivity index (χ2n) is 7.14. The lowest BCUT2D eigenvalue weighted by molar-refractivity contribution is -0.302. The van der Waals surface area contributed by atoms with Gasteiger partial charge in [-0.15, -0.1) is 0 Å². The first-order chi connectivity index (χ1) is 13.6. The molecule has 0 fully saturated rings. The van der Waals surface area contributed by atoms with Crippen LogP contribution in [0.25, 0.3) is 0 Å². The average molecular weight is 381 g/mol. The number of hydrogen-bond acceptors (Lipinski definition) is 6. The Kier molecular flexibility index (Phi) is 6.23. The fourth-order valence-electron chi connectivity index (χ4n) is 3.73.